The zero-order chi connectivity index (χ0) is 11.4. The molecule has 1 fully saturated rings. The number of carbonyl (C=O) groups is 1. The topological polar surface area (TPSA) is 65.8 Å². The minimum atomic E-state index is -0.829. The highest BCUT2D eigenvalue weighted by Crippen LogP contribution is 2.36. The normalized spacial score (nSPS) is 18.7. The molecule has 0 radical (unpaired) electrons. The Morgan fingerprint density at radius 1 is 1.50 bits per heavy atom. The molecular formula is C11H13N3OS. The van der Waals surface area contributed by atoms with Crippen LogP contribution in [-0.2, 0) is 4.79 Å². The number of amides is 1. The van der Waals surface area contributed by atoms with Gasteiger partial charge >= 0.3 is 0 Å². The van der Waals surface area contributed by atoms with Crippen LogP contribution in [0.15, 0.2) is 11.6 Å². The third-order valence-corrected chi connectivity index (χ3v) is 3.70. The molecule has 0 spiro atoms. The molecule has 0 bridgehead atoms. The van der Waals surface area contributed by atoms with E-state index in [0.29, 0.717) is 18.0 Å². The van der Waals surface area contributed by atoms with Gasteiger partial charge in [-0.25, -0.2) is 4.98 Å². The van der Waals surface area contributed by atoms with Crippen molar-refractivity contribution >= 4 is 22.4 Å². The molecule has 0 aliphatic heterocycles. The largest absolute Gasteiger partial charge is 0.301 e. The average Bonchev–Trinajstić information content (AvgIpc) is 2.82. The lowest BCUT2D eigenvalue weighted by atomic mass is 9.74. The van der Waals surface area contributed by atoms with Crippen molar-refractivity contribution in [2.45, 2.75) is 32.1 Å². The SMILES string of the molecule is N#CC1(C(=O)Nc2nccs2)CCCCC1. The van der Waals surface area contributed by atoms with Gasteiger partial charge in [-0.15, -0.1) is 11.3 Å². The summed E-state index contributed by atoms with van der Waals surface area (Å²) in [6.07, 6.45) is 6.01. The first kappa shape index (κ1) is 11.1. The minimum Gasteiger partial charge on any atom is -0.301 e. The highest BCUT2D eigenvalue weighted by atomic mass is 32.1. The Morgan fingerprint density at radius 2 is 2.25 bits per heavy atom. The maximum absolute atomic E-state index is 12.1. The summed E-state index contributed by atoms with van der Waals surface area (Å²) < 4.78 is 0. The first-order chi connectivity index (χ1) is 7.77. The van der Waals surface area contributed by atoms with Gasteiger partial charge in [0.1, 0.15) is 5.41 Å². The third-order valence-electron chi connectivity index (χ3n) is 3.01. The van der Waals surface area contributed by atoms with Crippen LogP contribution in [0.4, 0.5) is 5.13 Å². The molecule has 0 unspecified atom stereocenters. The molecule has 16 heavy (non-hydrogen) atoms. The van der Waals surface area contributed by atoms with E-state index in [9.17, 15) is 10.1 Å². The van der Waals surface area contributed by atoms with E-state index in [1.54, 1.807) is 11.6 Å². The summed E-state index contributed by atoms with van der Waals surface area (Å²) in [7, 11) is 0. The molecule has 2 rings (SSSR count). The van der Waals surface area contributed by atoms with Crippen LogP contribution in [0.3, 0.4) is 0 Å². The van der Waals surface area contributed by atoms with Crippen LogP contribution >= 0.6 is 11.3 Å². The number of nitrogens with one attached hydrogen (secondary N) is 1. The molecule has 1 saturated carbocycles. The summed E-state index contributed by atoms with van der Waals surface area (Å²) in [5, 5.41) is 14.3. The highest BCUT2D eigenvalue weighted by molar-refractivity contribution is 7.13. The van der Waals surface area contributed by atoms with E-state index in [4.69, 9.17) is 0 Å². The van der Waals surface area contributed by atoms with Crippen molar-refractivity contribution in [2.75, 3.05) is 5.32 Å². The lowest BCUT2D eigenvalue weighted by Crippen LogP contribution is -2.36. The number of hydrogen-bond acceptors (Lipinski definition) is 4. The van der Waals surface area contributed by atoms with Gasteiger partial charge in [0.2, 0.25) is 5.91 Å². The average molecular weight is 235 g/mol. The zero-order valence-electron chi connectivity index (χ0n) is 8.90. The summed E-state index contributed by atoms with van der Waals surface area (Å²) in [6, 6.07) is 2.19. The van der Waals surface area contributed by atoms with Crippen molar-refractivity contribution in [3.63, 3.8) is 0 Å². The van der Waals surface area contributed by atoms with Crippen molar-refractivity contribution in [3.05, 3.63) is 11.6 Å². The molecule has 0 aromatic carbocycles. The molecule has 1 N–H and O–H groups in total. The summed E-state index contributed by atoms with van der Waals surface area (Å²) in [5.41, 5.74) is -0.829. The van der Waals surface area contributed by atoms with E-state index in [2.05, 4.69) is 16.4 Å². The molecule has 5 heteroatoms. The van der Waals surface area contributed by atoms with Crippen LogP contribution < -0.4 is 5.32 Å². The summed E-state index contributed by atoms with van der Waals surface area (Å²) in [4.78, 5) is 16.0. The first-order valence-corrected chi connectivity index (χ1v) is 6.27. The predicted octanol–water partition coefficient (Wildman–Crippen LogP) is 2.56. The molecule has 1 amide bonds. The summed E-state index contributed by atoms with van der Waals surface area (Å²) in [5.74, 6) is -0.190. The molecule has 1 aromatic heterocycles. The number of rotatable bonds is 2. The van der Waals surface area contributed by atoms with Gasteiger partial charge in [-0.2, -0.15) is 5.26 Å². The molecule has 0 atom stereocenters. The molecule has 0 saturated heterocycles. The Labute approximate surface area is 98.3 Å². The second kappa shape index (κ2) is 4.62. The second-order valence-corrected chi connectivity index (χ2v) is 4.94. The molecule has 84 valence electrons. The fourth-order valence-corrected chi connectivity index (χ4v) is 2.57. The quantitative estimate of drug-likeness (QED) is 0.856. The Hall–Kier alpha value is -1.41. The number of aromatic nitrogens is 1. The van der Waals surface area contributed by atoms with Gasteiger partial charge in [0, 0.05) is 11.6 Å². The van der Waals surface area contributed by atoms with E-state index in [-0.39, 0.29) is 5.91 Å². The van der Waals surface area contributed by atoms with Crippen molar-refractivity contribution < 1.29 is 4.79 Å². The predicted molar refractivity (Wildman–Crippen MR) is 61.9 cm³/mol. The molecular weight excluding hydrogens is 222 g/mol. The van der Waals surface area contributed by atoms with Gasteiger partial charge in [-0.1, -0.05) is 19.3 Å². The van der Waals surface area contributed by atoms with E-state index < -0.39 is 5.41 Å². The van der Waals surface area contributed by atoms with Crippen molar-refractivity contribution in [2.24, 2.45) is 5.41 Å². The van der Waals surface area contributed by atoms with Gasteiger partial charge in [0.15, 0.2) is 5.13 Å². The molecule has 4 nitrogen and oxygen atoms in total. The third kappa shape index (κ3) is 2.07. The molecule has 1 heterocycles. The zero-order valence-corrected chi connectivity index (χ0v) is 9.72. The van der Waals surface area contributed by atoms with Gasteiger partial charge in [-0.05, 0) is 12.8 Å². The number of hydrogen-bond donors (Lipinski definition) is 1. The minimum absolute atomic E-state index is 0.190. The summed E-state index contributed by atoms with van der Waals surface area (Å²) in [6.45, 7) is 0. The second-order valence-electron chi connectivity index (χ2n) is 4.05. The van der Waals surface area contributed by atoms with Crippen molar-refractivity contribution in [1.29, 1.82) is 5.26 Å². The van der Waals surface area contributed by atoms with Gasteiger partial charge in [0.05, 0.1) is 6.07 Å². The fraction of sp³-hybridized carbons (Fsp3) is 0.545. The Kier molecular flexibility index (Phi) is 3.20. The number of carbonyl (C=O) groups excluding carboxylic acids is 1. The van der Waals surface area contributed by atoms with Crippen LogP contribution in [-0.4, -0.2) is 10.9 Å². The maximum atomic E-state index is 12.1. The molecule has 1 aliphatic rings. The lowest BCUT2D eigenvalue weighted by Gasteiger charge is -2.28. The smallest absolute Gasteiger partial charge is 0.246 e. The van der Waals surface area contributed by atoms with E-state index in [1.807, 2.05) is 0 Å². The fourth-order valence-electron chi connectivity index (χ4n) is 2.05. The number of nitriles is 1. The van der Waals surface area contributed by atoms with E-state index in [1.165, 1.54) is 11.3 Å². The van der Waals surface area contributed by atoms with Crippen molar-refractivity contribution in [3.8, 4) is 6.07 Å². The van der Waals surface area contributed by atoms with Gasteiger partial charge in [0.25, 0.3) is 0 Å². The van der Waals surface area contributed by atoms with Crippen LogP contribution in [0.2, 0.25) is 0 Å². The van der Waals surface area contributed by atoms with Gasteiger partial charge in [-0.3, -0.25) is 4.79 Å². The Balaban J connectivity index is 2.10. The monoisotopic (exact) mass is 235 g/mol. The van der Waals surface area contributed by atoms with Crippen molar-refractivity contribution in [1.82, 2.24) is 4.98 Å². The van der Waals surface area contributed by atoms with Gasteiger partial charge < -0.3 is 5.32 Å². The lowest BCUT2D eigenvalue weighted by molar-refractivity contribution is -0.124. The number of thiazole rings is 1. The highest BCUT2D eigenvalue weighted by Gasteiger charge is 2.40. The standard InChI is InChI=1S/C11H13N3OS/c12-8-11(4-2-1-3-5-11)9(15)14-10-13-6-7-16-10/h6-7H,1-5H2,(H,13,14,15). The maximum Gasteiger partial charge on any atom is 0.246 e. The first-order valence-electron chi connectivity index (χ1n) is 5.39. The molecule has 1 aromatic rings. The van der Waals surface area contributed by atoms with Crippen LogP contribution in [0.1, 0.15) is 32.1 Å². The molecule has 1 aliphatic carbocycles. The van der Waals surface area contributed by atoms with Crippen LogP contribution in [0, 0.1) is 16.7 Å². The number of nitrogens with zero attached hydrogens (tertiary/aromatic N) is 2. The Morgan fingerprint density at radius 3 is 2.81 bits per heavy atom. The van der Waals surface area contributed by atoms with Crippen LogP contribution in [0.5, 0.6) is 0 Å². The van der Waals surface area contributed by atoms with E-state index in [0.717, 1.165) is 19.3 Å². The Bertz CT molecular complexity index is 401. The van der Waals surface area contributed by atoms with E-state index >= 15 is 0 Å². The van der Waals surface area contributed by atoms with Crippen LogP contribution in [0.25, 0.3) is 0 Å². The number of anilines is 1. The summed E-state index contributed by atoms with van der Waals surface area (Å²) >= 11 is 1.37.